The number of rotatable bonds is 4. The van der Waals surface area contributed by atoms with Crippen LogP contribution in [0.4, 0.5) is 0 Å². The van der Waals surface area contributed by atoms with E-state index in [1.54, 1.807) is 0 Å². The van der Waals surface area contributed by atoms with Crippen molar-refractivity contribution >= 4 is 12.6 Å². The molecule has 1 aromatic carbocycles. The van der Waals surface area contributed by atoms with Gasteiger partial charge >= 0.3 is 0 Å². The van der Waals surface area contributed by atoms with Crippen LogP contribution in [0.2, 0.25) is 0 Å². The SMILES string of the molecule is CCCc1ccc(CS)cc1C1(C)CNCCO1. The Labute approximate surface area is 116 Å². The first-order valence-corrected chi connectivity index (χ1v) is 7.40. The maximum atomic E-state index is 6.05. The number of hydrogen-bond donors (Lipinski definition) is 2. The summed E-state index contributed by atoms with van der Waals surface area (Å²) in [6, 6.07) is 6.69. The summed E-state index contributed by atoms with van der Waals surface area (Å²) < 4.78 is 6.05. The molecular formula is C15H23NOS. The molecular weight excluding hydrogens is 242 g/mol. The Bertz CT molecular complexity index is 399. The number of benzene rings is 1. The fourth-order valence-electron chi connectivity index (χ4n) is 2.60. The lowest BCUT2D eigenvalue weighted by atomic mass is 9.87. The van der Waals surface area contributed by atoms with Crippen LogP contribution in [0.15, 0.2) is 18.2 Å². The highest BCUT2D eigenvalue weighted by atomic mass is 32.1. The van der Waals surface area contributed by atoms with E-state index in [0.717, 1.165) is 38.3 Å². The Morgan fingerprint density at radius 3 is 2.89 bits per heavy atom. The first-order chi connectivity index (χ1) is 8.69. The largest absolute Gasteiger partial charge is 0.368 e. The summed E-state index contributed by atoms with van der Waals surface area (Å²) in [4.78, 5) is 0. The van der Waals surface area contributed by atoms with Gasteiger partial charge in [-0.1, -0.05) is 31.5 Å². The van der Waals surface area contributed by atoms with Gasteiger partial charge in [0, 0.05) is 18.8 Å². The molecule has 18 heavy (non-hydrogen) atoms. The fourth-order valence-corrected chi connectivity index (χ4v) is 2.80. The second-order valence-corrected chi connectivity index (χ2v) is 5.47. The minimum Gasteiger partial charge on any atom is -0.368 e. The van der Waals surface area contributed by atoms with E-state index in [4.69, 9.17) is 4.74 Å². The van der Waals surface area contributed by atoms with Gasteiger partial charge in [0.2, 0.25) is 0 Å². The average molecular weight is 265 g/mol. The predicted octanol–water partition coefficient (Wildman–Crippen LogP) is 2.90. The van der Waals surface area contributed by atoms with Crippen molar-refractivity contribution in [2.45, 2.75) is 38.0 Å². The minimum atomic E-state index is -0.193. The Kier molecular flexibility index (Phi) is 4.71. The van der Waals surface area contributed by atoms with Gasteiger partial charge in [0.05, 0.1) is 6.61 Å². The van der Waals surface area contributed by atoms with Crippen LogP contribution >= 0.6 is 12.6 Å². The van der Waals surface area contributed by atoms with Gasteiger partial charge in [-0.3, -0.25) is 0 Å². The molecule has 3 heteroatoms. The second kappa shape index (κ2) is 6.09. The third-order valence-electron chi connectivity index (χ3n) is 3.61. The summed E-state index contributed by atoms with van der Waals surface area (Å²) in [7, 11) is 0. The zero-order valence-corrected chi connectivity index (χ0v) is 12.2. The lowest BCUT2D eigenvalue weighted by molar-refractivity contribution is -0.0577. The highest BCUT2D eigenvalue weighted by Gasteiger charge is 2.31. The minimum absolute atomic E-state index is 0.193. The molecule has 1 aliphatic rings. The van der Waals surface area contributed by atoms with Gasteiger partial charge in [-0.25, -0.2) is 0 Å². The number of aryl methyl sites for hydroxylation is 1. The molecule has 2 rings (SSSR count). The van der Waals surface area contributed by atoms with Crippen molar-refractivity contribution in [2.24, 2.45) is 0 Å². The quantitative estimate of drug-likeness (QED) is 0.817. The third-order valence-corrected chi connectivity index (χ3v) is 3.97. The van der Waals surface area contributed by atoms with Gasteiger partial charge in [-0.05, 0) is 30.0 Å². The maximum Gasteiger partial charge on any atom is 0.103 e. The Balaban J connectivity index is 2.38. The van der Waals surface area contributed by atoms with Gasteiger partial charge in [0.25, 0.3) is 0 Å². The predicted molar refractivity (Wildman–Crippen MR) is 79.3 cm³/mol. The van der Waals surface area contributed by atoms with Crippen molar-refractivity contribution in [1.29, 1.82) is 0 Å². The number of ether oxygens (including phenoxy) is 1. The molecule has 1 heterocycles. The normalized spacial score (nSPS) is 24.2. The first kappa shape index (κ1) is 13.9. The molecule has 0 radical (unpaired) electrons. The van der Waals surface area contributed by atoms with E-state index in [-0.39, 0.29) is 5.60 Å². The molecule has 0 aliphatic carbocycles. The summed E-state index contributed by atoms with van der Waals surface area (Å²) in [6.07, 6.45) is 2.28. The van der Waals surface area contributed by atoms with Gasteiger partial charge in [0.15, 0.2) is 0 Å². The average Bonchev–Trinajstić information content (AvgIpc) is 2.40. The van der Waals surface area contributed by atoms with Crippen molar-refractivity contribution in [2.75, 3.05) is 19.7 Å². The smallest absolute Gasteiger partial charge is 0.103 e. The van der Waals surface area contributed by atoms with Gasteiger partial charge in [-0.2, -0.15) is 12.6 Å². The highest BCUT2D eigenvalue weighted by molar-refractivity contribution is 7.79. The topological polar surface area (TPSA) is 21.3 Å². The summed E-state index contributed by atoms with van der Waals surface area (Å²) in [6.45, 7) is 7.03. The molecule has 1 atom stereocenters. The molecule has 1 N–H and O–H groups in total. The maximum absolute atomic E-state index is 6.05. The molecule has 1 fully saturated rings. The Morgan fingerprint density at radius 2 is 2.28 bits per heavy atom. The van der Waals surface area contributed by atoms with Crippen molar-refractivity contribution < 1.29 is 4.74 Å². The van der Waals surface area contributed by atoms with Crippen LogP contribution in [-0.2, 0) is 22.5 Å². The number of nitrogens with one attached hydrogen (secondary N) is 1. The lowest BCUT2D eigenvalue weighted by Gasteiger charge is -2.36. The number of thiol groups is 1. The van der Waals surface area contributed by atoms with E-state index >= 15 is 0 Å². The number of morpholine rings is 1. The third kappa shape index (κ3) is 2.90. The molecule has 100 valence electrons. The molecule has 1 aliphatic heterocycles. The van der Waals surface area contributed by atoms with Crippen LogP contribution in [0.5, 0.6) is 0 Å². The molecule has 0 spiro atoms. The van der Waals surface area contributed by atoms with E-state index in [1.807, 2.05) is 0 Å². The second-order valence-electron chi connectivity index (χ2n) is 5.16. The summed E-state index contributed by atoms with van der Waals surface area (Å²) in [5, 5.41) is 3.44. The molecule has 2 nitrogen and oxygen atoms in total. The molecule has 1 saturated heterocycles. The van der Waals surface area contributed by atoms with Crippen molar-refractivity contribution in [3.05, 3.63) is 34.9 Å². The highest BCUT2D eigenvalue weighted by Crippen LogP contribution is 2.31. The number of hydrogen-bond acceptors (Lipinski definition) is 3. The van der Waals surface area contributed by atoms with E-state index in [2.05, 4.69) is 50.0 Å². The molecule has 0 saturated carbocycles. The molecule has 0 bridgehead atoms. The Hall–Kier alpha value is -0.510. The van der Waals surface area contributed by atoms with E-state index < -0.39 is 0 Å². The zero-order chi connectivity index (χ0) is 13.0. The molecule has 0 aromatic heterocycles. The van der Waals surface area contributed by atoms with Crippen LogP contribution in [-0.4, -0.2) is 19.7 Å². The fraction of sp³-hybridized carbons (Fsp3) is 0.600. The summed E-state index contributed by atoms with van der Waals surface area (Å²) >= 11 is 4.38. The van der Waals surface area contributed by atoms with E-state index in [9.17, 15) is 0 Å². The lowest BCUT2D eigenvalue weighted by Crippen LogP contribution is -2.46. The first-order valence-electron chi connectivity index (χ1n) is 6.77. The van der Waals surface area contributed by atoms with E-state index in [0.29, 0.717) is 0 Å². The van der Waals surface area contributed by atoms with Crippen LogP contribution in [0, 0.1) is 0 Å². The van der Waals surface area contributed by atoms with Crippen LogP contribution in [0.25, 0.3) is 0 Å². The summed E-state index contributed by atoms with van der Waals surface area (Å²) in [5.74, 6) is 0.781. The molecule has 1 aromatic rings. The standard InChI is InChI=1S/C15H23NOS/c1-3-4-13-6-5-12(10-18)9-14(13)15(2)11-16-7-8-17-15/h5-6,9,16,18H,3-4,7-8,10-11H2,1-2H3. The van der Waals surface area contributed by atoms with Crippen LogP contribution < -0.4 is 5.32 Å². The monoisotopic (exact) mass is 265 g/mol. The molecule has 1 unspecified atom stereocenters. The van der Waals surface area contributed by atoms with E-state index in [1.165, 1.54) is 16.7 Å². The van der Waals surface area contributed by atoms with Gasteiger partial charge < -0.3 is 10.1 Å². The van der Waals surface area contributed by atoms with Gasteiger partial charge in [-0.15, -0.1) is 0 Å². The van der Waals surface area contributed by atoms with Crippen molar-refractivity contribution in [3.8, 4) is 0 Å². The zero-order valence-electron chi connectivity index (χ0n) is 11.3. The van der Waals surface area contributed by atoms with Crippen molar-refractivity contribution in [1.82, 2.24) is 5.32 Å². The summed E-state index contributed by atoms with van der Waals surface area (Å²) in [5.41, 5.74) is 3.82. The van der Waals surface area contributed by atoms with Crippen molar-refractivity contribution in [3.63, 3.8) is 0 Å². The van der Waals surface area contributed by atoms with Gasteiger partial charge in [0.1, 0.15) is 5.60 Å². The molecule has 0 amide bonds. The van der Waals surface area contributed by atoms with Crippen LogP contribution in [0.3, 0.4) is 0 Å². The Morgan fingerprint density at radius 1 is 1.44 bits per heavy atom. The van der Waals surface area contributed by atoms with Crippen LogP contribution in [0.1, 0.15) is 37.0 Å².